The number of hydrogen-bond donors (Lipinski definition) is 5. The Morgan fingerprint density at radius 2 is 1.70 bits per heavy atom. The van der Waals surface area contributed by atoms with Gasteiger partial charge >= 0.3 is 0 Å². The molecular formula is C19H27N5O6. The van der Waals surface area contributed by atoms with Gasteiger partial charge in [-0.25, -0.2) is 0 Å². The molecule has 0 aliphatic carbocycles. The maximum Gasteiger partial charge on any atom is 0.247 e. The van der Waals surface area contributed by atoms with Gasteiger partial charge in [0, 0.05) is 20.4 Å². The highest BCUT2D eigenvalue weighted by molar-refractivity contribution is 5.93. The molecule has 0 aliphatic rings. The molecule has 164 valence electrons. The van der Waals surface area contributed by atoms with Gasteiger partial charge in [0.2, 0.25) is 29.5 Å². The molecular weight excluding hydrogens is 394 g/mol. The van der Waals surface area contributed by atoms with Gasteiger partial charge in [0.05, 0.1) is 19.7 Å². The Bertz CT molecular complexity index is 770. The molecule has 0 unspecified atom stereocenters. The first-order valence-electron chi connectivity index (χ1n) is 9.17. The Labute approximate surface area is 174 Å². The van der Waals surface area contributed by atoms with Crippen LogP contribution in [0.3, 0.4) is 0 Å². The second kappa shape index (κ2) is 12.2. The number of carbonyl (C=O) groups excluding carboxylic acids is 5. The quantitative estimate of drug-likeness (QED) is 0.260. The maximum atomic E-state index is 12.7. The Hall–Kier alpha value is -3.47. The van der Waals surface area contributed by atoms with Crippen LogP contribution in [0.2, 0.25) is 0 Å². The van der Waals surface area contributed by atoms with Crippen LogP contribution in [0.15, 0.2) is 30.3 Å². The van der Waals surface area contributed by atoms with E-state index >= 15 is 0 Å². The third kappa shape index (κ3) is 8.27. The number of aliphatic hydroxyl groups excluding tert-OH is 1. The zero-order chi connectivity index (χ0) is 22.7. The van der Waals surface area contributed by atoms with Crippen molar-refractivity contribution in [3.63, 3.8) is 0 Å². The van der Waals surface area contributed by atoms with Crippen molar-refractivity contribution >= 4 is 29.5 Å². The summed E-state index contributed by atoms with van der Waals surface area (Å²) in [6.07, 6.45) is 0.135. The Morgan fingerprint density at radius 3 is 2.23 bits per heavy atom. The molecule has 0 spiro atoms. The third-order valence-electron chi connectivity index (χ3n) is 4.13. The van der Waals surface area contributed by atoms with Crippen LogP contribution >= 0.6 is 0 Å². The molecule has 0 heterocycles. The molecule has 2 atom stereocenters. The molecule has 0 bridgehead atoms. The summed E-state index contributed by atoms with van der Waals surface area (Å²) < 4.78 is 0. The van der Waals surface area contributed by atoms with E-state index in [4.69, 9.17) is 5.73 Å². The van der Waals surface area contributed by atoms with E-state index in [9.17, 15) is 29.1 Å². The lowest BCUT2D eigenvalue weighted by Crippen LogP contribution is -2.56. The van der Waals surface area contributed by atoms with Crippen molar-refractivity contribution in [2.75, 3.05) is 26.7 Å². The van der Waals surface area contributed by atoms with E-state index in [1.807, 2.05) is 0 Å². The van der Waals surface area contributed by atoms with Gasteiger partial charge in [0.15, 0.2) is 0 Å². The normalized spacial score (nSPS) is 12.2. The number of hydrogen-bond acceptors (Lipinski definition) is 6. The Morgan fingerprint density at radius 1 is 1.07 bits per heavy atom. The summed E-state index contributed by atoms with van der Waals surface area (Å²) >= 11 is 0. The lowest BCUT2D eigenvalue weighted by Gasteiger charge is -2.30. The van der Waals surface area contributed by atoms with Gasteiger partial charge < -0.3 is 31.7 Å². The average molecular weight is 421 g/mol. The molecule has 30 heavy (non-hydrogen) atoms. The number of aliphatic hydroxyl groups is 1. The minimum atomic E-state index is -1.21. The molecule has 11 nitrogen and oxygen atoms in total. The van der Waals surface area contributed by atoms with Crippen molar-refractivity contribution in [1.82, 2.24) is 20.9 Å². The van der Waals surface area contributed by atoms with Crippen LogP contribution in [0.1, 0.15) is 12.5 Å². The van der Waals surface area contributed by atoms with Crippen LogP contribution in [-0.2, 0) is 30.4 Å². The lowest BCUT2D eigenvalue weighted by molar-refractivity contribution is -0.142. The van der Waals surface area contributed by atoms with E-state index in [1.165, 1.54) is 14.0 Å². The molecule has 0 saturated carbocycles. The smallest absolute Gasteiger partial charge is 0.247 e. The fourth-order valence-corrected chi connectivity index (χ4v) is 2.61. The largest absolute Gasteiger partial charge is 0.394 e. The second-order valence-electron chi connectivity index (χ2n) is 6.55. The summed E-state index contributed by atoms with van der Waals surface area (Å²) in [5.74, 6) is -3.15. The summed E-state index contributed by atoms with van der Waals surface area (Å²) in [5, 5.41) is 16.4. The minimum absolute atomic E-state index is 0.135. The number of carbonyl (C=O) groups is 5. The van der Waals surface area contributed by atoms with Crippen LogP contribution in [0.4, 0.5) is 0 Å². The Balaban J connectivity index is 2.93. The number of nitrogens with one attached hydrogen (secondary N) is 3. The van der Waals surface area contributed by atoms with Gasteiger partial charge in [-0.1, -0.05) is 30.3 Å². The molecule has 6 N–H and O–H groups in total. The molecule has 5 amide bonds. The number of likely N-dealkylation sites (N-methyl/N-ethyl adjacent to an activating group) is 1. The first-order chi connectivity index (χ1) is 14.1. The van der Waals surface area contributed by atoms with Crippen molar-refractivity contribution in [3.05, 3.63) is 35.9 Å². The summed E-state index contributed by atoms with van der Waals surface area (Å²) in [4.78, 5) is 60.3. The number of amides is 5. The summed E-state index contributed by atoms with van der Waals surface area (Å²) in [5.41, 5.74) is 5.70. The van der Waals surface area contributed by atoms with E-state index in [2.05, 4.69) is 16.0 Å². The monoisotopic (exact) mass is 421 g/mol. The standard InChI is InChI=1S/C19H27N5O6/c1-12(26)23-14(11-25)19(30)24(2)15(8-13-6-4-3-5-7-13)18(29)22-10-17(28)21-9-16(20)27/h3-7,14-15,25H,8-11H2,1-2H3,(H2,20,27)(H,21,28)(H,22,29)(H,23,26)/t14-,15-/m0/s1. The number of rotatable bonds is 11. The van der Waals surface area contributed by atoms with E-state index in [0.717, 1.165) is 10.5 Å². The highest BCUT2D eigenvalue weighted by atomic mass is 16.3. The molecule has 1 aromatic rings. The van der Waals surface area contributed by atoms with E-state index in [1.54, 1.807) is 30.3 Å². The molecule has 0 aliphatic heterocycles. The topological polar surface area (TPSA) is 171 Å². The first kappa shape index (κ1) is 24.6. The SMILES string of the molecule is CC(=O)N[C@@H](CO)C(=O)N(C)[C@@H](Cc1ccccc1)C(=O)NCC(=O)NCC(N)=O. The maximum absolute atomic E-state index is 12.7. The van der Waals surface area contributed by atoms with Crippen LogP contribution in [0.5, 0.6) is 0 Å². The highest BCUT2D eigenvalue weighted by Crippen LogP contribution is 2.10. The van der Waals surface area contributed by atoms with Gasteiger partial charge in [-0.05, 0) is 5.56 Å². The zero-order valence-electron chi connectivity index (χ0n) is 16.9. The second-order valence-corrected chi connectivity index (χ2v) is 6.55. The van der Waals surface area contributed by atoms with Crippen LogP contribution in [0, 0.1) is 0 Å². The van der Waals surface area contributed by atoms with Crippen molar-refractivity contribution in [3.8, 4) is 0 Å². The van der Waals surface area contributed by atoms with Crippen LogP contribution in [-0.4, -0.2) is 78.4 Å². The van der Waals surface area contributed by atoms with Crippen molar-refractivity contribution in [2.45, 2.75) is 25.4 Å². The van der Waals surface area contributed by atoms with Gasteiger partial charge in [0.1, 0.15) is 12.1 Å². The van der Waals surface area contributed by atoms with Crippen molar-refractivity contribution in [2.24, 2.45) is 5.73 Å². The van der Waals surface area contributed by atoms with Gasteiger partial charge in [-0.2, -0.15) is 0 Å². The first-order valence-corrected chi connectivity index (χ1v) is 9.17. The van der Waals surface area contributed by atoms with E-state index in [0.29, 0.717) is 0 Å². The Kier molecular flexibility index (Phi) is 9.97. The fraction of sp³-hybridized carbons (Fsp3) is 0.421. The molecule has 0 saturated heterocycles. The van der Waals surface area contributed by atoms with E-state index < -0.39 is 54.8 Å². The summed E-state index contributed by atoms with van der Waals surface area (Å²) in [6, 6.07) is 6.67. The van der Waals surface area contributed by atoms with E-state index in [-0.39, 0.29) is 13.0 Å². The molecule has 0 radical (unpaired) electrons. The minimum Gasteiger partial charge on any atom is -0.394 e. The fourth-order valence-electron chi connectivity index (χ4n) is 2.61. The average Bonchev–Trinajstić information content (AvgIpc) is 2.72. The van der Waals surface area contributed by atoms with Gasteiger partial charge in [0.25, 0.3) is 0 Å². The molecule has 11 heteroatoms. The number of primary amides is 1. The lowest BCUT2D eigenvalue weighted by atomic mass is 10.0. The van der Waals surface area contributed by atoms with Crippen molar-refractivity contribution < 1.29 is 29.1 Å². The van der Waals surface area contributed by atoms with Crippen LogP contribution in [0.25, 0.3) is 0 Å². The van der Waals surface area contributed by atoms with Gasteiger partial charge in [-0.3, -0.25) is 24.0 Å². The van der Waals surface area contributed by atoms with Gasteiger partial charge in [-0.15, -0.1) is 0 Å². The molecule has 1 aromatic carbocycles. The predicted molar refractivity (Wildman–Crippen MR) is 107 cm³/mol. The molecule has 1 rings (SSSR count). The predicted octanol–water partition coefficient (Wildman–Crippen LogP) is -2.73. The summed E-state index contributed by atoms with van der Waals surface area (Å²) in [6.45, 7) is -0.225. The number of nitrogens with zero attached hydrogens (tertiary/aromatic N) is 1. The highest BCUT2D eigenvalue weighted by Gasteiger charge is 2.31. The van der Waals surface area contributed by atoms with Crippen molar-refractivity contribution in [1.29, 1.82) is 0 Å². The third-order valence-corrected chi connectivity index (χ3v) is 4.13. The number of nitrogens with two attached hydrogens (primary N) is 1. The van der Waals surface area contributed by atoms with Crippen LogP contribution < -0.4 is 21.7 Å². The number of benzene rings is 1. The summed E-state index contributed by atoms with van der Waals surface area (Å²) in [7, 11) is 1.37. The zero-order valence-corrected chi connectivity index (χ0v) is 16.9. The molecule has 0 fully saturated rings. The molecule has 0 aromatic heterocycles.